The average Bonchev–Trinajstić information content (AvgIpc) is 3.66. The maximum Gasteiger partial charge on any atom is 0.352 e. The Kier molecular flexibility index (Phi) is 9.94. The first kappa shape index (κ1) is 32.9. The zero-order valence-electron chi connectivity index (χ0n) is 24.2. The third-order valence-corrected chi connectivity index (χ3v) is 10.4. The number of thioether (sulfide) groups is 2. The van der Waals surface area contributed by atoms with Crippen LogP contribution in [0.4, 0.5) is 5.13 Å². The fourth-order valence-corrected chi connectivity index (χ4v) is 8.31. The van der Waals surface area contributed by atoms with Gasteiger partial charge in [-0.15, -0.1) is 34.4 Å². The number of thiazole rings is 2. The molecule has 240 valence electrons. The zero-order chi connectivity index (χ0) is 33.1. The van der Waals surface area contributed by atoms with Crippen LogP contribution in [0.3, 0.4) is 0 Å². The number of fused-ring (bicyclic) bond motifs is 1. The molecule has 19 heteroatoms. The number of carboxylic acids is 1. The Morgan fingerprint density at radius 3 is 2.52 bits per heavy atom. The number of nitrogens with zero attached hydrogens (tertiary/aromatic N) is 4. The van der Waals surface area contributed by atoms with Crippen LogP contribution in [0.5, 0.6) is 11.5 Å². The van der Waals surface area contributed by atoms with Gasteiger partial charge in [0.05, 0.1) is 5.69 Å². The Morgan fingerprint density at radius 2 is 1.87 bits per heavy atom. The van der Waals surface area contributed by atoms with Crippen molar-refractivity contribution >= 4 is 86.8 Å². The zero-order valence-corrected chi connectivity index (χ0v) is 27.4. The van der Waals surface area contributed by atoms with Gasteiger partial charge in [0.15, 0.2) is 26.7 Å². The monoisotopic (exact) mass is 704 g/mol. The summed E-state index contributed by atoms with van der Waals surface area (Å²) in [5, 5.41) is 19.3. The summed E-state index contributed by atoms with van der Waals surface area (Å²) in [5.41, 5.74) is 7.24. The predicted molar refractivity (Wildman–Crippen MR) is 171 cm³/mol. The van der Waals surface area contributed by atoms with E-state index in [0.29, 0.717) is 26.9 Å². The Bertz CT molecular complexity index is 1800. The molecule has 15 nitrogen and oxygen atoms in total. The number of hydrogen-bond donors (Lipinski definition) is 3. The number of nitrogens with one attached hydrogen (secondary N) is 1. The molecule has 0 spiro atoms. The molecular formula is C27H24N6O9S4. The van der Waals surface area contributed by atoms with Crippen LogP contribution in [0.25, 0.3) is 11.3 Å². The molecule has 0 radical (unpaired) electrons. The van der Waals surface area contributed by atoms with Gasteiger partial charge in [-0.05, 0) is 23.8 Å². The van der Waals surface area contributed by atoms with Gasteiger partial charge in [-0.3, -0.25) is 24.1 Å². The first-order valence-corrected chi connectivity index (χ1v) is 16.9. The van der Waals surface area contributed by atoms with Gasteiger partial charge in [0.2, 0.25) is 0 Å². The Balaban J connectivity index is 1.28. The molecule has 4 N–H and O–H groups in total. The molecule has 0 saturated carbocycles. The minimum absolute atomic E-state index is 0.0659. The molecule has 1 saturated heterocycles. The van der Waals surface area contributed by atoms with E-state index in [0.717, 1.165) is 11.3 Å². The van der Waals surface area contributed by atoms with E-state index in [2.05, 4.69) is 20.4 Å². The van der Waals surface area contributed by atoms with Gasteiger partial charge in [0, 0.05) is 41.7 Å². The van der Waals surface area contributed by atoms with Crippen LogP contribution >= 0.6 is 46.2 Å². The van der Waals surface area contributed by atoms with Crippen molar-refractivity contribution in [3.63, 3.8) is 0 Å². The number of amides is 2. The Hall–Kier alpha value is -4.46. The SMILES string of the molecule is CON=C(C(=O)N[C@@H]1C(=O)N2C(C(=O)O)=C(CSc3nc(-c4ccc(OC(C)=O)c(OC(C)=O)c4)cs3)CS[C@H]12)c1csc(N)n1. The van der Waals surface area contributed by atoms with E-state index in [1.54, 1.807) is 11.4 Å². The molecule has 4 heterocycles. The van der Waals surface area contributed by atoms with Crippen LogP contribution in [0.2, 0.25) is 0 Å². The number of aliphatic carboxylic acids is 1. The maximum atomic E-state index is 13.1. The van der Waals surface area contributed by atoms with E-state index in [-0.39, 0.29) is 39.5 Å². The third-order valence-electron chi connectivity index (χ3n) is 6.30. The van der Waals surface area contributed by atoms with Gasteiger partial charge in [0.1, 0.15) is 29.9 Å². The Labute approximate surface area is 277 Å². The summed E-state index contributed by atoms with van der Waals surface area (Å²) < 4.78 is 10.9. The number of carboxylic acid groups (broad SMARTS) is 1. The first-order chi connectivity index (χ1) is 22.0. The lowest BCUT2D eigenvalue weighted by Gasteiger charge is -2.49. The van der Waals surface area contributed by atoms with Crippen molar-refractivity contribution in [3.8, 4) is 22.8 Å². The lowest BCUT2D eigenvalue weighted by atomic mass is 10.0. The van der Waals surface area contributed by atoms with Crippen LogP contribution in [0, 0.1) is 0 Å². The Morgan fingerprint density at radius 1 is 1.13 bits per heavy atom. The van der Waals surface area contributed by atoms with Crippen molar-refractivity contribution in [2.24, 2.45) is 5.16 Å². The van der Waals surface area contributed by atoms with E-state index >= 15 is 0 Å². The minimum atomic E-state index is -1.26. The maximum absolute atomic E-state index is 13.1. The van der Waals surface area contributed by atoms with Crippen LogP contribution in [-0.2, 0) is 28.8 Å². The molecule has 3 aromatic rings. The summed E-state index contributed by atoms with van der Waals surface area (Å²) in [7, 11) is 1.26. The number of anilines is 1. The van der Waals surface area contributed by atoms with Crippen LogP contribution < -0.4 is 20.5 Å². The number of benzene rings is 1. The second kappa shape index (κ2) is 13.9. The van der Waals surface area contributed by atoms with Gasteiger partial charge in [-0.1, -0.05) is 16.9 Å². The van der Waals surface area contributed by atoms with Crippen molar-refractivity contribution in [1.29, 1.82) is 0 Å². The second-order valence-electron chi connectivity index (χ2n) is 9.45. The third kappa shape index (κ3) is 7.01. The molecule has 1 aromatic carbocycles. The van der Waals surface area contributed by atoms with Gasteiger partial charge in [0.25, 0.3) is 11.8 Å². The molecule has 46 heavy (non-hydrogen) atoms. The quantitative estimate of drug-likeness (QED) is 0.0654. The van der Waals surface area contributed by atoms with E-state index in [4.69, 9.17) is 20.0 Å². The number of carbonyl (C=O) groups is 5. The van der Waals surface area contributed by atoms with Crippen LogP contribution in [0.1, 0.15) is 19.5 Å². The fraction of sp³-hybridized carbons (Fsp3) is 0.259. The molecule has 0 bridgehead atoms. The smallest absolute Gasteiger partial charge is 0.352 e. The summed E-state index contributed by atoms with van der Waals surface area (Å²) >= 11 is 5.06. The number of carbonyl (C=O) groups excluding carboxylic acids is 4. The largest absolute Gasteiger partial charge is 0.477 e. The number of β-lactam (4-membered cyclic amide) rings is 1. The number of nitrogen functional groups attached to an aromatic ring is 1. The van der Waals surface area contributed by atoms with E-state index < -0.39 is 41.1 Å². The fourth-order valence-electron chi connectivity index (χ4n) is 4.44. The molecular weight excluding hydrogens is 681 g/mol. The van der Waals surface area contributed by atoms with Crippen molar-refractivity contribution in [2.75, 3.05) is 24.3 Å². The summed E-state index contributed by atoms with van der Waals surface area (Å²) in [4.78, 5) is 76.0. The predicted octanol–water partition coefficient (Wildman–Crippen LogP) is 2.58. The number of ether oxygens (including phenoxy) is 2. The number of aromatic nitrogens is 2. The summed E-state index contributed by atoms with van der Waals surface area (Å²) in [6, 6.07) is 3.72. The first-order valence-electron chi connectivity index (χ1n) is 13.1. The second-order valence-corrected chi connectivity index (χ2v) is 13.5. The summed E-state index contributed by atoms with van der Waals surface area (Å²) in [6.07, 6.45) is 0. The topological polar surface area (TPSA) is 213 Å². The van der Waals surface area contributed by atoms with Gasteiger partial charge < -0.3 is 30.5 Å². The number of hydrogen-bond acceptors (Lipinski definition) is 16. The molecule has 2 atom stereocenters. The summed E-state index contributed by atoms with van der Waals surface area (Å²) in [5.74, 6) is -3.00. The number of esters is 2. The molecule has 1 fully saturated rings. The summed E-state index contributed by atoms with van der Waals surface area (Å²) in [6.45, 7) is 2.46. The van der Waals surface area contributed by atoms with E-state index in [1.807, 2.05) is 0 Å². The van der Waals surface area contributed by atoms with Gasteiger partial charge in [-0.2, -0.15) is 0 Å². The van der Waals surface area contributed by atoms with Gasteiger partial charge in [-0.25, -0.2) is 14.8 Å². The van der Waals surface area contributed by atoms with Crippen molar-refractivity contribution in [3.05, 3.63) is 45.9 Å². The molecule has 0 aliphatic carbocycles. The van der Waals surface area contributed by atoms with Crippen LogP contribution in [0.15, 0.2) is 49.7 Å². The highest BCUT2D eigenvalue weighted by atomic mass is 32.2. The normalized spacial score (nSPS) is 17.6. The van der Waals surface area contributed by atoms with Crippen LogP contribution in [-0.4, -0.2) is 85.4 Å². The van der Waals surface area contributed by atoms with Crippen molar-refractivity contribution in [2.45, 2.75) is 29.6 Å². The average molecular weight is 705 g/mol. The molecule has 5 rings (SSSR count). The number of oxime groups is 1. The van der Waals surface area contributed by atoms with E-state index in [9.17, 15) is 29.1 Å². The van der Waals surface area contributed by atoms with Crippen molar-refractivity contribution in [1.82, 2.24) is 20.2 Å². The highest BCUT2D eigenvalue weighted by Gasteiger charge is 2.54. The highest BCUT2D eigenvalue weighted by molar-refractivity contribution is 8.01. The minimum Gasteiger partial charge on any atom is -0.477 e. The van der Waals surface area contributed by atoms with Gasteiger partial charge >= 0.3 is 17.9 Å². The standard InChI is InChI=1S/C27H24N6O9S4/c1-11(34)41-17-5-4-13(6-18(17)42-12(2)35)15-9-46-27(30-15)45-8-14-7-43-24-20(23(37)33(24)21(14)25(38)39)31-22(36)19(32-40-3)16-10-44-26(28)29-16/h4-6,9-10,20,24H,7-8H2,1-3H3,(H2,28,29)(H,31,36)(H,38,39)/t20-,24-/m1/s1. The molecule has 2 aromatic heterocycles. The lowest BCUT2D eigenvalue weighted by molar-refractivity contribution is -0.150. The molecule has 2 aliphatic rings. The molecule has 2 aliphatic heterocycles. The lowest BCUT2D eigenvalue weighted by Crippen LogP contribution is -2.71. The number of nitrogens with two attached hydrogens (primary N) is 1. The highest BCUT2D eigenvalue weighted by Crippen LogP contribution is 2.42. The molecule has 0 unspecified atom stereocenters. The van der Waals surface area contributed by atoms with E-state index in [1.165, 1.54) is 78.2 Å². The number of rotatable bonds is 11. The van der Waals surface area contributed by atoms with Crippen molar-refractivity contribution < 1.29 is 43.4 Å². The molecule has 2 amide bonds.